The molecular formula is C13H18N2O4S. The lowest BCUT2D eigenvalue weighted by atomic mass is 9.85. The van der Waals surface area contributed by atoms with Crippen molar-refractivity contribution in [2.45, 2.75) is 26.3 Å². The van der Waals surface area contributed by atoms with Gasteiger partial charge in [-0.2, -0.15) is 0 Å². The van der Waals surface area contributed by atoms with Crippen molar-refractivity contribution in [3.05, 3.63) is 16.1 Å². The van der Waals surface area contributed by atoms with Crippen molar-refractivity contribution in [1.29, 1.82) is 0 Å². The lowest BCUT2D eigenvalue weighted by molar-refractivity contribution is -0.157. The Morgan fingerprint density at radius 1 is 1.40 bits per heavy atom. The first-order chi connectivity index (χ1) is 9.51. The number of aliphatic carboxylic acids is 2. The monoisotopic (exact) mass is 298 g/mol. The van der Waals surface area contributed by atoms with Gasteiger partial charge >= 0.3 is 11.9 Å². The fraction of sp³-hybridized carbons (Fsp3) is 0.615. The zero-order valence-electron chi connectivity index (χ0n) is 11.3. The first-order valence-electron chi connectivity index (χ1n) is 6.62. The van der Waals surface area contributed by atoms with Gasteiger partial charge < -0.3 is 10.2 Å². The zero-order chi connectivity index (χ0) is 14.7. The van der Waals surface area contributed by atoms with Crippen molar-refractivity contribution in [3.63, 3.8) is 0 Å². The molecule has 0 saturated carbocycles. The van der Waals surface area contributed by atoms with Crippen LogP contribution < -0.4 is 0 Å². The quantitative estimate of drug-likeness (QED) is 0.852. The van der Waals surface area contributed by atoms with Gasteiger partial charge in [0.2, 0.25) is 0 Å². The van der Waals surface area contributed by atoms with Crippen molar-refractivity contribution in [2.24, 2.45) is 11.8 Å². The molecule has 2 heterocycles. The number of nitrogens with zero attached hydrogens (tertiary/aromatic N) is 2. The molecule has 1 saturated heterocycles. The van der Waals surface area contributed by atoms with Gasteiger partial charge in [-0.1, -0.05) is 6.92 Å². The number of hydrogen-bond donors (Lipinski definition) is 2. The van der Waals surface area contributed by atoms with Gasteiger partial charge in [0.25, 0.3) is 0 Å². The second-order valence-electron chi connectivity index (χ2n) is 5.00. The number of thiazole rings is 1. The Balaban J connectivity index is 2.01. The van der Waals surface area contributed by atoms with Crippen molar-refractivity contribution in [1.82, 2.24) is 9.88 Å². The summed E-state index contributed by atoms with van der Waals surface area (Å²) in [6.45, 7) is 3.50. The summed E-state index contributed by atoms with van der Waals surface area (Å²) in [5, 5.41) is 21.3. The van der Waals surface area contributed by atoms with E-state index in [1.165, 1.54) is 0 Å². The summed E-state index contributed by atoms with van der Waals surface area (Å²) in [6.07, 6.45) is 1.26. The number of aryl methyl sites for hydroxylation is 1. The fourth-order valence-electron chi connectivity index (χ4n) is 2.52. The number of carboxylic acids is 2. The Labute approximate surface area is 121 Å². The van der Waals surface area contributed by atoms with Crippen molar-refractivity contribution < 1.29 is 19.8 Å². The molecule has 1 fully saturated rings. The molecule has 0 bridgehead atoms. The van der Waals surface area contributed by atoms with Crippen LogP contribution in [0.1, 0.15) is 24.0 Å². The lowest BCUT2D eigenvalue weighted by Gasteiger charge is -2.34. The predicted octanol–water partition coefficient (Wildman–Crippen LogP) is 1.31. The molecule has 0 aromatic carbocycles. The molecule has 6 nitrogen and oxygen atoms in total. The normalized spacial score (nSPS) is 23.6. The maximum absolute atomic E-state index is 11.2. The molecular weight excluding hydrogens is 280 g/mol. The molecule has 0 amide bonds. The molecule has 1 aliphatic rings. The molecule has 0 radical (unpaired) electrons. The van der Waals surface area contributed by atoms with E-state index in [2.05, 4.69) is 4.98 Å². The SMILES string of the molecule is CCc1nc(CN2CCC(C(=O)O)C(C(=O)O)C2)cs1. The first kappa shape index (κ1) is 14.9. The van der Waals surface area contributed by atoms with Gasteiger partial charge in [-0.3, -0.25) is 14.5 Å². The second kappa shape index (κ2) is 6.32. The Hall–Kier alpha value is -1.47. The maximum Gasteiger partial charge on any atom is 0.308 e. The van der Waals surface area contributed by atoms with E-state index >= 15 is 0 Å². The van der Waals surface area contributed by atoms with E-state index in [1.54, 1.807) is 11.3 Å². The van der Waals surface area contributed by atoms with Gasteiger partial charge in [-0.25, -0.2) is 4.98 Å². The first-order valence-corrected chi connectivity index (χ1v) is 7.50. The molecule has 0 aliphatic carbocycles. The topological polar surface area (TPSA) is 90.7 Å². The van der Waals surface area contributed by atoms with Crippen molar-refractivity contribution >= 4 is 23.3 Å². The van der Waals surface area contributed by atoms with Gasteiger partial charge in [-0.15, -0.1) is 11.3 Å². The molecule has 1 aromatic rings. The average molecular weight is 298 g/mol. The average Bonchev–Trinajstić information content (AvgIpc) is 2.86. The van der Waals surface area contributed by atoms with Crippen LogP contribution in [0.15, 0.2) is 5.38 Å². The van der Waals surface area contributed by atoms with Crippen LogP contribution in [0.25, 0.3) is 0 Å². The molecule has 2 unspecified atom stereocenters. The summed E-state index contributed by atoms with van der Waals surface area (Å²) >= 11 is 1.60. The number of carbonyl (C=O) groups is 2. The van der Waals surface area contributed by atoms with Crippen LogP contribution in [0, 0.1) is 11.8 Å². The van der Waals surface area contributed by atoms with E-state index in [9.17, 15) is 14.7 Å². The molecule has 110 valence electrons. The van der Waals surface area contributed by atoms with E-state index < -0.39 is 23.8 Å². The van der Waals surface area contributed by atoms with Crippen LogP contribution in [-0.2, 0) is 22.6 Å². The van der Waals surface area contributed by atoms with Gasteiger partial charge in [0.05, 0.1) is 22.5 Å². The highest BCUT2D eigenvalue weighted by atomic mass is 32.1. The van der Waals surface area contributed by atoms with Crippen LogP contribution in [0.4, 0.5) is 0 Å². The Morgan fingerprint density at radius 2 is 2.10 bits per heavy atom. The largest absolute Gasteiger partial charge is 0.481 e. The number of aromatic nitrogens is 1. The van der Waals surface area contributed by atoms with Gasteiger partial charge in [0.1, 0.15) is 0 Å². The van der Waals surface area contributed by atoms with E-state index in [-0.39, 0.29) is 6.54 Å². The van der Waals surface area contributed by atoms with E-state index in [0.29, 0.717) is 19.5 Å². The summed E-state index contributed by atoms with van der Waals surface area (Å²) in [5.41, 5.74) is 0.935. The Morgan fingerprint density at radius 3 is 2.65 bits per heavy atom. The molecule has 1 aliphatic heterocycles. The van der Waals surface area contributed by atoms with Crippen LogP contribution in [0.3, 0.4) is 0 Å². The van der Waals surface area contributed by atoms with Crippen LogP contribution in [0.2, 0.25) is 0 Å². The molecule has 7 heteroatoms. The van der Waals surface area contributed by atoms with Crippen LogP contribution in [-0.4, -0.2) is 45.1 Å². The summed E-state index contributed by atoms with van der Waals surface area (Å²) in [6, 6.07) is 0. The van der Waals surface area contributed by atoms with Crippen LogP contribution in [0.5, 0.6) is 0 Å². The third-order valence-electron chi connectivity index (χ3n) is 3.62. The number of rotatable bonds is 5. The zero-order valence-corrected chi connectivity index (χ0v) is 12.1. The summed E-state index contributed by atoms with van der Waals surface area (Å²) in [5.74, 6) is -3.68. The minimum atomic E-state index is -1.03. The van der Waals surface area contributed by atoms with Crippen LogP contribution >= 0.6 is 11.3 Å². The van der Waals surface area contributed by atoms with Gasteiger partial charge in [0, 0.05) is 18.5 Å². The predicted molar refractivity (Wildman–Crippen MR) is 73.6 cm³/mol. The highest BCUT2D eigenvalue weighted by Crippen LogP contribution is 2.25. The van der Waals surface area contributed by atoms with Gasteiger partial charge in [0.15, 0.2) is 0 Å². The molecule has 20 heavy (non-hydrogen) atoms. The molecule has 2 rings (SSSR count). The number of likely N-dealkylation sites (tertiary alicyclic amines) is 1. The molecule has 0 spiro atoms. The smallest absolute Gasteiger partial charge is 0.308 e. The highest BCUT2D eigenvalue weighted by molar-refractivity contribution is 7.09. The summed E-state index contributed by atoms with van der Waals surface area (Å²) in [4.78, 5) is 28.7. The van der Waals surface area contributed by atoms with E-state index in [0.717, 1.165) is 17.1 Å². The minimum absolute atomic E-state index is 0.269. The third-order valence-corrected chi connectivity index (χ3v) is 4.66. The minimum Gasteiger partial charge on any atom is -0.481 e. The highest BCUT2D eigenvalue weighted by Gasteiger charge is 2.38. The fourth-order valence-corrected chi connectivity index (χ4v) is 3.26. The Bertz CT molecular complexity index is 502. The number of hydrogen-bond acceptors (Lipinski definition) is 5. The lowest BCUT2D eigenvalue weighted by Crippen LogP contribution is -2.46. The van der Waals surface area contributed by atoms with Gasteiger partial charge in [-0.05, 0) is 19.4 Å². The summed E-state index contributed by atoms with van der Waals surface area (Å²) in [7, 11) is 0. The molecule has 2 N–H and O–H groups in total. The van der Waals surface area contributed by atoms with Crippen molar-refractivity contribution in [2.75, 3.05) is 13.1 Å². The second-order valence-corrected chi connectivity index (χ2v) is 5.94. The van der Waals surface area contributed by atoms with E-state index in [4.69, 9.17) is 5.11 Å². The molecule has 2 atom stereocenters. The Kier molecular flexibility index (Phi) is 4.72. The number of piperidine rings is 1. The molecule has 1 aromatic heterocycles. The third kappa shape index (κ3) is 3.34. The van der Waals surface area contributed by atoms with Crippen molar-refractivity contribution in [3.8, 4) is 0 Å². The number of carboxylic acid groups (broad SMARTS) is 2. The standard InChI is InChI=1S/C13H18N2O4S/c1-2-11-14-8(7-20-11)5-15-4-3-9(12(16)17)10(6-15)13(18)19/h7,9-10H,2-6H2,1H3,(H,16,17)(H,18,19). The maximum atomic E-state index is 11.2. The van der Waals surface area contributed by atoms with E-state index in [1.807, 2.05) is 17.2 Å². The summed E-state index contributed by atoms with van der Waals surface area (Å²) < 4.78 is 0.